The average molecular weight is 402 g/mol. The van der Waals surface area contributed by atoms with Crippen molar-refractivity contribution in [2.75, 3.05) is 7.05 Å². The van der Waals surface area contributed by atoms with E-state index in [4.69, 9.17) is 0 Å². The predicted octanol–water partition coefficient (Wildman–Crippen LogP) is 5.04. The number of hydrogen-bond acceptors (Lipinski definition) is 3. The van der Waals surface area contributed by atoms with E-state index in [9.17, 15) is 0 Å². The summed E-state index contributed by atoms with van der Waals surface area (Å²) in [5.41, 5.74) is 1.26. The molecule has 1 aromatic heterocycles. The van der Waals surface area contributed by atoms with Crippen molar-refractivity contribution in [1.29, 1.82) is 0 Å². The van der Waals surface area contributed by atoms with Crippen molar-refractivity contribution in [2.45, 2.75) is 22.9 Å². The number of benzene rings is 1. The number of hydrogen-bond donors (Lipinski definition) is 1. The molecule has 2 aromatic rings. The molecule has 0 aliphatic rings. The van der Waals surface area contributed by atoms with Gasteiger partial charge in [-0.15, -0.1) is 0 Å². The quantitative estimate of drug-likeness (QED) is 0.776. The van der Waals surface area contributed by atoms with E-state index in [-0.39, 0.29) is 0 Å². The third kappa shape index (κ3) is 3.81. The van der Waals surface area contributed by atoms with Gasteiger partial charge in [-0.3, -0.25) is 0 Å². The monoisotopic (exact) mass is 400 g/mol. The Labute approximate surface area is 134 Å². The van der Waals surface area contributed by atoms with Crippen LogP contribution in [0.3, 0.4) is 0 Å². The van der Waals surface area contributed by atoms with E-state index in [0.717, 1.165) is 18.9 Å². The van der Waals surface area contributed by atoms with Crippen LogP contribution in [0.4, 0.5) is 0 Å². The Morgan fingerprint density at radius 1 is 1.21 bits per heavy atom. The van der Waals surface area contributed by atoms with Crippen LogP contribution in [0, 0.1) is 0 Å². The molecule has 0 aliphatic carbocycles. The molecule has 0 amide bonds. The molecule has 0 saturated heterocycles. The highest BCUT2D eigenvalue weighted by Crippen LogP contribution is 2.36. The second-order valence-corrected chi connectivity index (χ2v) is 6.83. The smallest absolute Gasteiger partial charge is 0.115 e. The van der Waals surface area contributed by atoms with Crippen LogP contribution in [-0.4, -0.2) is 12.0 Å². The van der Waals surface area contributed by atoms with Gasteiger partial charge < -0.3 is 5.32 Å². The summed E-state index contributed by atoms with van der Waals surface area (Å²) < 4.78 is 2.11. The Balaban J connectivity index is 2.25. The van der Waals surface area contributed by atoms with Gasteiger partial charge in [0.1, 0.15) is 5.03 Å². The Kier molecular flexibility index (Phi) is 5.45. The largest absolute Gasteiger partial charge is 0.313 e. The SMILES string of the molecule is CNC(C)c1ccc(Sc2ncccc2Br)c(Br)c1. The second-order valence-electron chi connectivity index (χ2n) is 4.09. The standard InChI is InChI=1S/C14H14Br2N2S/c1-9(17-2)10-5-6-13(12(16)8-10)19-14-11(15)4-3-7-18-14/h3-9,17H,1-2H3. The van der Waals surface area contributed by atoms with Crippen LogP contribution in [0.2, 0.25) is 0 Å². The summed E-state index contributed by atoms with van der Waals surface area (Å²) in [6.45, 7) is 2.14. The van der Waals surface area contributed by atoms with Crippen molar-refractivity contribution in [2.24, 2.45) is 0 Å². The fraction of sp³-hybridized carbons (Fsp3) is 0.214. The van der Waals surface area contributed by atoms with E-state index < -0.39 is 0 Å². The van der Waals surface area contributed by atoms with Crippen molar-refractivity contribution >= 4 is 43.6 Å². The first kappa shape index (κ1) is 15.0. The van der Waals surface area contributed by atoms with E-state index in [1.165, 1.54) is 5.56 Å². The van der Waals surface area contributed by atoms with E-state index in [0.29, 0.717) is 6.04 Å². The summed E-state index contributed by atoms with van der Waals surface area (Å²) in [6, 6.07) is 10.7. The molecular weight excluding hydrogens is 388 g/mol. The highest BCUT2D eigenvalue weighted by Gasteiger charge is 2.09. The molecule has 0 bridgehead atoms. The number of rotatable bonds is 4. The molecule has 0 radical (unpaired) electrons. The molecule has 1 unspecified atom stereocenters. The van der Waals surface area contributed by atoms with Crippen LogP contribution in [-0.2, 0) is 0 Å². The zero-order valence-electron chi connectivity index (χ0n) is 10.7. The molecule has 1 aromatic carbocycles. The number of pyridine rings is 1. The molecule has 2 nitrogen and oxygen atoms in total. The molecule has 100 valence electrons. The molecule has 0 spiro atoms. The number of nitrogens with one attached hydrogen (secondary N) is 1. The van der Waals surface area contributed by atoms with Crippen LogP contribution in [0.15, 0.2) is 55.4 Å². The van der Waals surface area contributed by atoms with Gasteiger partial charge in [-0.1, -0.05) is 17.8 Å². The van der Waals surface area contributed by atoms with Gasteiger partial charge in [0.05, 0.1) is 4.47 Å². The van der Waals surface area contributed by atoms with Crippen LogP contribution < -0.4 is 5.32 Å². The minimum absolute atomic E-state index is 0.344. The van der Waals surface area contributed by atoms with Gasteiger partial charge in [0, 0.05) is 21.6 Å². The van der Waals surface area contributed by atoms with Gasteiger partial charge in [0.25, 0.3) is 0 Å². The first-order valence-electron chi connectivity index (χ1n) is 5.87. The van der Waals surface area contributed by atoms with Crippen LogP contribution >= 0.6 is 43.6 Å². The molecule has 0 fully saturated rings. The summed E-state index contributed by atoms with van der Waals surface area (Å²) in [5.74, 6) is 0. The Morgan fingerprint density at radius 2 is 2.00 bits per heavy atom. The molecule has 1 N–H and O–H groups in total. The molecule has 1 heterocycles. The highest BCUT2D eigenvalue weighted by molar-refractivity contribution is 9.11. The van der Waals surface area contributed by atoms with Crippen LogP contribution in [0.25, 0.3) is 0 Å². The number of aromatic nitrogens is 1. The lowest BCUT2D eigenvalue weighted by molar-refractivity contribution is 0.651. The summed E-state index contributed by atoms with van der Waals surface area (Å²) in [4.78, 5) is 5.53. The lowest BCUT2D eigenvalue weighted by Crippen LogP contribution is -2.12. The summed E-state index contributed by atoms with van der Waals surface area (Å²) in [7, 11) is 1.96. The third-order valence-corrected chi connectivity index (χ3v) is 5.74. The zero-order chi connectivity index (χ0) is 13.8. The number of halogens is 2. The lowest BCUT2D eigenvalue weighted by Gasteiger charge is -2.12. The second kappa shape index (κ2) is 6.88. The van der Waals surface area contributed by atoms with Crippen molar-refractivity contribution in [3.05, 3.63) is 51.0 Å². The van der Waals surface area contributed by atoms with Gasteiger partial charge in [-0.05, 0) is 75.7 Å². The minimum atomic E-state index is 0.344. The Morgan fingerprint density at radius 3 is 2.63 bits per heavy atom. The topological polar surface area (TPSA) is 24.9 Å². The molecule has 5 heteroatoms. The van der Waals surface area contributed by atoms with Crippen LogP contribution in [0.5, 0.6) is 0 Å². The van der Waals surface area contributed by atoms with E-state index in [2.05, 4.69) is 67.3 Å². The first-order valence-corrected chi connectivity index (χ1v) is 8.27. The summed E-state index contributed by atoms with van der Waals surface area (Å²) in [6.07, 6.45) is 1.80. The van der Waals surface area contributed by atoms with Gasteiger partial charge in [0.2, 0.25) is 0 Å². The average Bonchev–Trinajstić information content (AvgIpc) is 2.42. The maximum atomic E-state index is 4.37. The van der Waals surface area contributed by atoms with E-state index in [1.807, 2.05) is 19.2 Å². The molecule has 2 rings (SSSR count). The van der Waals surface area contributed by atoms with Crippen molar-refractivity contribution in [1.82, 2.24) is 10.3 Å². The maximum absolute atomic E-state index is 4.37. The maximum Gasteiger partial charge on any atom is 0.115 e. The van der Waals surface area contributed by atoms with E-state index >= 15 is 0 Å². The highest BCUT2D eigenvalue weighted by atomic mass is 79.9. The Bertz CT molecular complexity index is 575. The molecule has 1 atom stereocenters. The van der Waals surface area contributed by atoms with Gasteiger partial charge in [0.15, 0.2) is 0 Å². The normalized spacial score (nSPS) is 12.4. The van der Waals surface area contributed by atoms with Crippen molar-refractivity contribution < 1.29 is 0 Å². The fourth-order valence-corrected chi connectivity index (χ4v) is 3.50. The third-order valence-electron chi connectivity index (χ3n) is 2.82. The van der Waals surface area contributed by atoms with Gasteiger partial charge >= 0.3 is 0 Å². The summed E-state index contributed by atoms with van der Waals surface area (Å²) >= 11 is 8.80. The van der Waals surface area contributed by atoms with Gasteiger partial charge in [-0.2, -0.15) is 0 Å². The lowest BCUT2D eigenvalue weighted by atomic mass is 10.1. The van der Waals surface area contributed by atoms with Gasteiger partial charge in [-0.25, -0.2) is 4.98 Å². The van der Waals surface area contributed by atoms with Crippen molar-refractivity contribution in [3.8, 4) is 0 Å². The Hall–Kier alpha value is -0.360. The number of nitrogens with zero attached hydrogens (tertiary/aromatic N) is 1. The molecular formula is C14H14Br2N2S. The molecule has 0 saturated carbocycles. The molecule has 0 aliphatic heterocycles. The van der Waals surface area contributed by atoms with Crippen molar-refractivity contribution in [3.63, 3.8) is 0 Å². The molecule has 19 heavy (non-hydrogen) atoms. The minimum Gasteiger partial charge on any atom is -0.313 e. The van der Waals surface area contributed by atoms with Crippen LogP contribution in [0.1, 0.15) is 18.5 Å². The predicted molar refractivity (Wildman–Crippen MR) is 87.7 cm³/mol. The first-order chi connectivity index (χ1) is 9.11. The zero-order valence-corrected chi connectivity index (χ0v) is 14.6. The van der Waals surface area contributed by atoms with E-state index in [1.54, 1.807) is 18.0 Å². The fourth-order valence-electron chi connectivity index (χ4n) is 1.59. The summed E-state index contributed by atoms with van der Waals surface area (Å²) in [5, 5.41) is 4.21.